The van der Waals surface area contributed by atoms with Crippen molar-refractivity contribution < 1.29 is 44.2 Å². The first-order chi connectivity index (χ1) is 11.6. The molecular formula is C19H25ClN2NaO3-. The zero-order valence-corrected chi connectivity index (χ0v) is 18.7. The largest absolute Gasteiger partial charge is 1.00 e. The van der Waals surface area contributed by atoms with E-state index in [0.29, 0.717) is 18.5 Å². The van der Waals surface area contributed by atoms with Gasteiger partial charge < -0.3 is 20.2 Å². The molecule has 0 saturated carbocycles. The molecule has 0 atom stereocenters. The standard InChI is InChI=1S/C12H19N2O3.C7H6Cl.Na/c1-12(2,3)17-11(16)14-6-4-5-9(7-14)10(13)8-15;1-6-4-2-3-5-7(6)8;/h13,15H,4,6-8H2,1-3H3;2-5H,1H2;/q2*-1;+1. The first kappa shape index (κ1) is 25.0. The Balaban J connectivity index is 0.000000583. The summed E-state index contributed by atoms with van der Waals surface area (Å²) in [6.07, 6.45) is 3.18. The molecule has 0 unspecified atom stereocenters. The third kappa shape index (κ3) is 9.10. The molecule has 1 aliphatic heterocycles. The van der Waals surface area contributed by atoms with Crippen LogP contribution in [0.5, 0.6) is 0 Å². The number of hydrogen-bond acceptors (Lipinski definition) is 4. The second-order valence-electron chi connectivity index (χ2n) is 6.54. The molecule has 1 amide bonds. The summed E-state index contributed by atoms with van der Waals surface area (Å²) < 4.78 is 5.25. The Morgan fingerprint density at radius 3 is 2.50 bits per heavy atom. The average molecular weight is 388 g/mol. The predicted molar refractivity (Wildman–Crippen MR) is 99.9 cm³/mol. The van der Waals surface area contributed by atoms with Gasteiger partial charge in [0, 0.05) is 19.7 Å². The minimum atomic E-state index is -0.521. The molecule has 1 aromatic rings. The van der Waals surface area contributed by atoms with Crippen LogP contribution >= 0.6 is 11.6 Å². The second kappa shape index (κ2) is 11.7. The first-order valence-electron chi connectivity index (χ1n) is 7.97. The van der Waals surface area contributed by atoms with E-state index < -0.39 is 5.60 Å². The van der Waals surface area contributed by atoms with Gasteiger partial charge in [-0.05, 0) is 20.8 Å². The van der Waals surface area contributed by atoms with Crippen molar-refractivity contribution in [1.82, 2.24) is 4.90 Å². The molecule has 0 aliphatic carbocycles. The van der Waals surface area contributed by atoms with Crippen LogP contribution in [0.2, 0.25) is 5.02 Å². The molecule has 26 heavy (non-hydrogen) atoms. The number of nitrogens with one attached hydrogen (secondary N) is 1. The van der Waals surface area contributed by atoms with E-state index in [9.17, 15) is 4.79 Å². The van der Waals surface area contributed by atoms with Gasteiger partial charge in [0.05, 0.1) is 0 Å². The average Bonchev–Trinajstić information content (AvgIpc) is 2.56. The molecule has 0 aromatic heterocycles. The first-order valence-corrected chi connectivity index (χ1v) is 8.34. The van der Waals surface area contributed by atoms with Gasteiger partial charge in [0.2, 0.25) is 0 Å². The van der Waals surface area contributed by atoms with Crippen LogP contribution in [0.1, 0.15) is 32.8 Å². The van der Waals surface area contributed by atoms with Crippen molar-refractivity contribution in [3.63, 3.8) is 0 Å². The molecule has 7 heteroatoms. The molecule has 2 rings (SSSR count). The van der Waals surface area contributed by atoms with Crippen LogP contribution in [0.15, 0.2) is 29.8 Å². The van der Waals surface area contributed by atoms with Crippen molar-refractivity contribution in [2.24, 2.45) is 0 Å². The van der Waals surface area contributed by atoms with Crippen LogP contribution in [0.4, 0.5) is 4.79 Å². The van der Waals surface area contributed by atoms with Crippen LogP contribution in [0.25, 0.3) is 0 Å². The minimum absolute atomic E-state index is 0. The number of benzene rings is 1. The molecule has 0 spiro atoms. The number of nitrogens with zero attached hydrogens (tertiary/aromatic N) is 1. The zero-order valence-electron chi connectivity index (χ0n) is 15.9. The Morgan fingerprint density at radius 2 is 2.04 bits per heavy atom. The molecule has 138 valence electrons. The summed E-state index contributed by atoms with van der Waals surface area (Å²) in [7, 11) is 0. The SMILES string of the molecule is CC(C)(C)OC(=O)N1CC[C-]=C(C(=N)CO)C1.[CH2-]c1ccccc1Cl.[Na+]. The molecule has 0 fully saturated rings. The maximum atomic E-state index is 11.8. The molecule has 1 aromatic carbocycles. The van der Waals surface area contributed by atoms with E-state index in [1.165, 1.54) is 4.90 Å². The number of hydrogen-bond donors (Lipinski definition) is 2. The van der Waals surface area contributed by atoms with E-state index in [1.807, 2.05) is 45.0 Å². The fourth-order valence-electron chi connectivity index (χ4n) is 1.95. The second-order valence-corrected chi connectivity index (χ2v) is 6.94. The molecule has 0 saturated heterocycles. The van der Waals surface area contributed by atoms with Crippen molar-refractivity contribution in [1.29, 1.82) is 5.41 Å². The van der Waals surface area contributed by atoms with Crippen molar-refractivity contribution in [2.75, 3.05) is 19.7 Å². The number of carbonyl (C=O) groups excluding carboxylic acids is 1. The topological polar surface area (TPSA) is 73.6 Å². The smallest absolute Gasteiger partial charge is 0.444 e. The van der Waals surface area contributed by atoms with Gasteiger partial charge in [-0.3, -0.25) is 6.08 Å². The van der Waals surface area contributed by atoms with E-state index >= 15 is 0 Å². The van der Waals surface area contributed by atoms with Crippen molar-refractivity contribution in [3.05, 3.63) is 53.4 Å². The van der Waals surface area contributed by atoms with E-state index in [2.05, 4.69) is 13.0 Å². The van der Waals surface area contributed by atoms with Crippen molar-refractivity contribution in [3.8, 4) is 0 Å². The van der Waals surface area contributed by atoms with E-state index in [4.69, 9.17) is 26.9 Å². The van der Waals surface area contributed by atoms with Crippen LogP contribution in [0.3, 0.4) is 0 Å². The predicted octanol–water partition coefficient (Wildman–Crippen LogP) is 0.895. The number of aliphatic hydroxyl groups is 1. The number of aliphatic hydroxyl groups excluding tert-OH is 1. The maximum Gasteiger partial charge on any atom is 1.00 e. The van der Waals surface area contributed by atoms with Gasteiger partial charge in [0.1, 0.15) is 5.60 Å². The molecule has 1 heterocycles. The third-order valence-corrected chi connectivity index (χ3v) is 3.57. The molecule has 2 N–H and O–H groups in total. The summed E-state index contributed by atoms with van der Waals surface area (Å²) >= 11 is 5.65. The summed E-state index contributed by atoms with van der Waals surface area (Å²) in [4.78, 5) is 13.3. The Bertz CT molecular complexity index is 621. The van der Waals surface area contributed by atoms with Gasteiger partial charge >= 0.3 is 35.7 Å². The number of halogens is 1. The van der Waals surface area contributed by atoms with Crippen LogP contribution < -0.4 is 29.6 Å². The summed E-state index contributed by atoms with van der Waals surface area (Å²) in [5.74, 6) is 0. The fourth-order valence-corrected chi connectivity index (χ4v) is 2.08. The van der Waals surface area contributed by atoms with Gasteiger partial charge in [0.25, 0.3) is 0 Å². The quantitative estimate of drug-likeness (QED) is 0.450. The molecular weight excluding hydrogens is 363 g/mol. The maximum absolute atomic E-state index is 11.8. The third-order valence-electron chi connectivity index (χ3n) is 3.20. The van der Waals surface area contributed by atoms with Crippen LogP contribution in [-0.2, 0) is 4.74 Å². The van der Waals surface area contributed by atoms with Gasteiger partial charge in [-0.2, -0.15) is 35.7 Å². The Hall–Kier alpha value is -0.980. The minimum Gasteiger partial charge on any atom is -0.444 e. The van der Waals surface area contributed by atoms with Gasteiger partial charge in [-0.25, -0.2) is 4.79 Å². The Morgan fingerprint density at radius 1 is 1.42 bits per heavy atom. The zero-order chi connectivity index (χ0) is 19.0. The summed E-state index contributed by atoms with van der Waals surface area (Å²) in [5.41, 5.74) is 1.05. The summed E-state index contributed by atoms with van der Waals surface area (Å²) in [6.45, 7) is 9.62. The fraction of sp³-hybridized carbons (Fsp3) is 0.421. The van der Waals surface area contributed by atoms with Crippen LogP contribution in [0, 0.1) is 18.4 Å². The Kier molecular flexibility index (Phi) is 11.2. The van der Waals surface area contributed by atoms with E-state index in [-0.39, 0.29) is 54.5 Å². The summed E-state index contributed by atoms with van der Waals surface area (Å²) in [6, 6.07) is 7.50. The number of amides is 1. The van der Waals surface area contributed by atoms with E-state index in [1.54, 1.807) is 0 Å². The normalized spacial score (nSPS) is 13.6. The van der Waals surface area contributed by atoms with Gasteiger partial charge in [-0.1, -0.05) is 23.2 Å². The number of rotatable bonds is 2. The monoisotopic (exact) mass is 387 g/mol. The van der Waals surface area contributed by atoms with E-state index in [0.717, 1.165) is 10.6 Å². The van der Waals surface area contributed by atoms with Gasteiger partial charge in [-0.15, -0.1) is 12.1 Å². The number of ether oxygens (including phenoxy) is 1. The number of carbonyl (C=O) groups is 1. The van der Waals surface area contributed by atoms with Crippen molar-refractivity contribution >= 4 is 23.4 Å². The summed E-state index contributed by atoms with van der Waals surface area (Å²) in [5, 5.41) is 17.1. The Labute approximate surface area is 183 Å². The van der Waals surface area contributed by atoms with Gasteiger partial charge in [0.15, 0.2) is 0 Å². The van der Waals surface area contributed by atoms with Crippen molar-refractivity contribution in [2.45, 2.75) is 32.8 Å². The molecule has 0 bridgehead atoms. The molecule has 5 nitrogen and oxygen atoms in total. The molecule has 1 aliphatic rings. The van der Waals surface area contributed by atoms with Crippen LogP contribution in [-0.4, -0.2) is 47.1 Å². The molecule has 0 radical (unpaired) electrons.